The van der Waals surface area contributed by atoms with Gasteiger partial charge < -0.3 is 14.9 Å². The Hall–Kier alpha value is -3.06. The predicted octanol–water partition coefficient (Wildman–Crippen LogP) is 4.79. The first-order valence-corrected chi connectivity index (χ1v) is 10.3. The molecule has 1 unspecified atom stereocenters. The van der Waals surface area contributed by atoms with E-state index >= 15 is 0 Å². The largest absolute Gasteiger partial charge is 0.497 e. The summed E-state index contributed by atoms with van der Waals surface area (Å²) in [7, 11) is 1.63. The van der Waals surface area contributed by atoms with Crippen LogP contribution >= 0.6 is 11.8 Å². The molecule has 1 aliphatic heterocycles. The van der Waals surface area contributed by atoms with Gasteiger partial charge in [-0.15, -0.1) is 0 Å². The molecule has 0 aromatic heterocycles. The summed E-state index contributed by atoms with van der Waals surface area (Å²) in [5.74, 6) is 0.751. The summed E-state index contributed by atoms with van der Waals surface area (Å²) in [6.07, 6.45) is 1.09. The van der Waals surface area contributed by atoms with Crippen molar-refractivity contribution in [2.75, 3.05) is 12.0 Å². The fraction of sp³-hybridized carbons (Fsp3) is 0.125. The lowest BCUT2D eigenvalue weighted by molar-refractivity contribution is 0.233. The highest BCUT2D eigenvalue weighted by Crippen LogP contribution is 2.40. The van der Waals surface area contributed by atoms with Gasteiger partial charge in [0, 0.05) is 10.6 Å². The minimum Gasteiger partial charge on any atom is -0.497 e. The maximum absolute atomic E-state index is 11.1. The number of methoxy groups -OCH3 is 1. The Kier molecular flexibility index (Phi) is 6.18. The van der Waals surface area contributed by atoms with Gasteiger partial charge in [0.1, 0.15) is 5.75 Å². The molecule has 152 valence electrons. The first-order valence-electron chi connectivity index (χ1n) is 9.52. The normalized spacial score (nSPS) is 18.9. The molecular formula is C24H22N2O3S. The van der Waals surface area contributed by atoms with E-state index < -0.39 is 6.23 Å². The quantitative estimate of drug-likeness (QED) is 0.624. The van der Waals surface area contributed by atoms with Gasteiger partial charge in [0.05, 0.1) is 19.4 Å². The Bertz CT molecular complexity index is 1050. The highest BCUT2D eigenvalue weighted by atomic mass is 32.2. The van der Waals surface area contributed by atoms with Gasteiger partial charge in [-0.05, 0) is 53.6 Å². The van der Waals surface area contributed by atoms with E-state index in [0.717, 1.165) is 33.2 Å². The van der Waals surface area contributed by atoms with Crippen LogP contribution in [0.4, 0.5) is 11.4 Å². The monoisotopic (exact) mass is 418 g/mol. The second-order valence-corrected chi connectivity index (χ2v) is 7.76. The highest BCUT2D eigenvalue weighted by Gasteiger charge is 2.34. The molecule has 1 heterocycles. The summed E-state index contributed by atoms with van der Waals surface area (Å²) in [5, 5.41) is 21.1. The molecule has 2 N–H and O–H groups in total. The van der Waals surface area contributed by atoms with E-state index in [1.807, 2.05) is 89.8 Å². The number of para-hydroxylation sites is 1. The molecule has 1 aliphatic rings. The van der Waals surface area contributed by atoms with Gasteiger partial charge in [-0.25, -0.2) is 4.99 Å². The Morgan fingerprint density at radius 3 is 2.33 bits per heavy atom. The molecule has 30 heavy (non-hydrogen) atoms. The van der Waals surface area contributed by atoms with Crippen LogP contribution in [0.2, 0.25) is 0 Å². The zero-order chi connectivity index (χ0) is 20.9. The van der Waals surface area contributed by atoms with E-state index in [4.69, 9.17) is 9.73 Å². The van der Waals surface area contributed by atoms with E-state index in [9.17, 15) is 10.2 Å². The SMILES string of the molecule is COc1ccc(N2/C(=N/c3ccccc3)S/C(=C\c3ccc(CO)cc3)C2O)cc1. The standard InChI is InChI=1S/C24H22N2O3S/c1-29-21-13-11-20(12-14-21)26-23(28)22(15-17-7-9-18(16-27)10-8-17)30-24(26)25-19-5-3-2-4-6-19/h2-15,23,27-28H,16H2,1H3/b22-15-,25-24-. The second-order valence-electron chi connectivity index (χ2n) is 6.72. The number of rotatable bonds is 5. The van der Waals surface area contributed by atoms with E-state index in [-0.39, 0.29) is 6.61 Å². The van der Waals surface area contributed by atoms with Crippen molar-refractivity contribution in [2.24, 2.45) is 4.99 Å². The molecule has 0 aliphatic carbocycles. The van der Waals surface area contributed by atoms with Gasteiger partial charge in [-0.3, -0.25) is 4.90 Å². The fourth-order valence-corrected chi connectivity index (χ4v) is 4.18. The number of aliphatic imine (C=N–C) groups is 1. The third-order valence-corrected chi connectivity index (χ3v) is 5.75. The number of anilines is 1. The molecule has 6 heteroatoms. The van der Waals surface area contributed by atoms with Crippen LogP contribution in [0, 0.1) is 0 Å². The molecule has 5 nitrogen and oxygen atoms in total. The van der Waals surface area contributed by atoms with Crippen molar-refractivity contribution in [1.29, 1.82) is 0 Å². The maximum atomic E-state index is 11.1. The van der Waals surface area contributed by atoms with Crippen molar-refractivity contribution in [1.82, 2.24) is 0 Å². The summed E-state index contributed by atoms with van der Waals surface area (Å²) in [6, 6.07) is 24.8. The first-order chi connectivity index (χ1) is 14.7. The van der Waals surface area contributed by atoms with Crippen molar-refractivity contribution >= 4 is 34.4 Å². The molecule has 1 saturated heterocycles. The minimum atomic E-state index is -0.858. The van der Waals surface area contributed by atoms with Crippen LogP contribution in [0.3, 0.4) is 0 Å². The molecular weight excluding hydrogens is 396 g/mol. The third kappa shape index (κ3) is 4.41. The molecule has 3 aromatic carbocycles. The number of aliphatic hydroxyl groups excluding tert-OH is 2. The molecule has 0 amide bonds. The maximum Gasteiger partial charge on any atom is 0.176 e. The van der Waals surface area contributed by atoms with Crippen molar-refractivity contribution in [3.8, 4) is 5.75 Å². The molecule has 3 aromatic rings. The Morgan fingerprint density at radius 1 is 1.00 bits per heavy atom. The zero-order valence-electron chi connectivity index (χ0n) is 16.5. The lowest BCUT2D eigenvalue weighted by atomic mass is 10.1. The van der Waals surface area contributed by atoms with Crippen molar-refractivity contribution in [3.05, 3.63) is 94.9 Å². The van der Waals surface area contributed by atoms with E-state index in [1.165, 1.54) is 11.8 Å². The van der Waals surface area contributed by atoms with Crippen LogP contribution in [-0.4, -0.2) is 28.7 Å². The molecule has 1 atom stereocenters. The van der Waals surface area contributed by atoms with Crippen molar-refractivity contribution in [2.45, 2.75) is 12.8 Å². The molecule has 0 radical (unpaired) electrons. The molecule has 4 rings (SSSR count). The second kappa shape index (κ2) is 9.17. The lowest BCUT2D eigenvalue weighted by Crippen LogP contribution is -2.32. The van der Waals surface area contributed by atoms with Gasteiger partial charge in [0.15, 0.2) is 11.4 Å². The van der Waals surface area contributed by atoms with Crippen LogP contribution < -0.4 is 9.64 Å². The average molecular weight is 419 g/mol. The van der Waals surface area contributed by atoms with Crippen LogP contribution in [0.5, 0.6) is 5.75 Å². The Labute approximate surface area is 180 Å². The van der Waals surface area contributed by atoms with Crippen molar-refractivity contribution < 1.29 is 14.9 Å². The van der Waals surface area contributed by atoms with Gasteiger partial charge in [-0.1, -0.05) is 54.2 Å². The summed E-state index contributed by atoms with van der Waals surface area (Å²) in [6.45, 7) is 0.00730. The van der Waals surface area contributed by atoms with Crippen LogP contribution in [-0.2, 0) is 6.61 Å². The van der Waals surface area contributed by atoms with Gasteiger partial charge in [0.25, 0.3) is 0 Å². The van der Waals surface area contributed by atoms with Gasteiger partial charge in [-0.2, -0.15) is 0 Å². The first kappa shape index (κ1) is 20.2. The van der Waals surface area contributed by atoms with Crippen LogP contribution in [0.15, 0.2) is 88.8 Å². The van der Waals surface area contributed by atoms with E-state index in [1.54, 1.807) is 7.11 Å². The highest BCUT2D eigenvalue weighted by molar-refractivity contribution is 8.18. The summed E-state index contributed by atoms with van der Waals surface area (Å²) >= 11 is 1.44. The van der Waals surface area contributed by atoms with Crippen LogP contribution in [0.25, 0.3) is 6.08 Å². The number of ether oxygens (including phenoxy) is 1. The van der Waals surface area contributed by atoms with E-state index in [0.29, 0.717) is 5.17 Å². The Balaban J connectivity index is 1.72. The third-order valence-electron chi connectivity index (χ3n) is 4.72. The van der Waals surface area contributed by atoms with E-state index in [2.05, 4.69) is 0 Å². The molecule has 0 saturated carbocycles. The number of thioether (sulfide) groups is 1. The lowest BCUT2D eigenvalue weighted by Gasteiger charge is -2.22. The van der Waals surface area contributed by atoms with Crippen LogP contribution in [0.1, 0.15) is 11.1 Å². The van der Waals surface area contributed by atoms with Gasteiger partial charge in [0.2, 0.25) is 0 Å². The van der Waals surface area contributed by atoms with Gasteiger partial charge >= 0.3 is 0 Å². The summed E-state index contributed by atoms with van der Waals surface area (Å²) < 4.78 is 5.25. The number of benzene rings is 3. The number of hydrogen-bond donors (Lipinski definition) is 2. The number of aliphatic hydroxyl groups is 2. The topological polar surface area (TPSA) is 65.3 Å². The number of amidine groups is 1. The molecule has 0 bridgehead atoms. The number of hydrogen-bond acceptors (Lipinski definition) is 5. The fourth-order valence-electron chi connectivity index (χ4n) is 3.11. The zero-order valence-corrected chi connectivity index (χ0v) is 17.3. The summed E-state index contributed by atoms with van der Waals surface area (Å²) in [4.78, 5) is 7.35. The Morgan fingerprint density at radius 2 is 1.70 bits per heavy atom. The summed E-state index contributed by atoms with van der Waals surface area (Å²) in [5.41, 5.74) is 3.44. The van der Waals surface area contributed by atoms with Crippen molar-refractivity contribution in [3.63, 3.8) is 0 Å². The molecule has 1 fully saturated rings. The molecule has 0 spiro atoms. The number of nitrogens with zero attached hydrogens (tertiary/aromatic N) is 2. The predicted molar refractivity (Wildman–Crippen MR) is 123 cm³/mol. The average Bonchev–Trinajstić information content (AvgIpc) is 3.09. The smallest absolute Gasteiger partial charge is 0.176 e. The minimum absolute atomic E-state index is 0.00730.